The highest BCUT2D eigenvalue weighted by atomic mass is 16.6. The second kappa shape index (κ2) is 6.93. The van der Waals surface area contributed by atoms with Gasteiger partial charge in [0, 0.05) is 6.54 Å². The lowest BCUT2D eigenvalue weighted by atomic mass is 10.0. The topological polar surface area (TPSA) is 97.5 Å². The lowest BCUT2D eigenvalue weighted by molar-refractivity contribution is 0.00743. The Morgan fingerprint density at radius 3 is 2.77 bits per heavy atom. The van der Waals surface area contributed by atoms with Gasteiger partial charge in [0.15, 0.2) is 0 Å². The number of carbonyl (C=O) groups is 2. The number of amides is 1. The van der Waals surface area contributed by atoms with Crippen LogP contribution in [-0.4, -0.2) is 55.3 Å². The molecular formula is C18H24N4O4. The maximum absolute atomic E-state index is 12.6. The van der Waals surface area contributed by atoms with Crippen LogP contribution in [0.3, 0.4) is 0 Å². The van der Waals surface area contributed by atoms with Gasteiger partial charge in [0.25, 0.3) is 0 Å². The summed E-state index contributed by atoms with van der Waals surface area (Å²) in [5, 5.41) is 17.6. The molecule has 3 rings (SSSR count). The first-order valence-corrected chi connectivity index (χ1v) is 8.81. The maximum Gasteiger partial charge on any atom is 0.410 e. The highest BCUT2D eigenvalue weighted by Crippen LogP contribution is 2.24. The van der Waals surface area contributed by atoms with Gasteiger partial charge in [-0.3, -0.25) is 0 Å². The van der Waals surface area contributed by atoms with Crippen molar-refractivity contribution in [3.8, 4) is 0 Å². The number of hydrogen-bond acceptors (Lipinski definition) is 5. The van der Waals surface area contributed by atoms with Crippen molar-refractivity contribution in [3.05, 3.63) is 23.8 Å². The van der Waals surface area contributed by atoms with Gasteiger partial charge in [0.05, 0.1) is 18.2 Å². The Balaban J connectivity index is 1.88. The quantitative estimate of drug-likeness (QED) is 0.904. The number of ether oxygens (including phenoxy) is 1. The fourth-order valence-electron chi connectivity index (χ4n) is 3.28. The molecule has 1 saturated heterocycles. The van der Waals surface area contributed by atoms with Crippen LogP contribution in [0, 0.1) is 0 Å². The number of likely N-dealkylation sites (tertiary alicyclic amines) is 1. The normalized spacial score (nSPS) is 18.1. The molecular weight excluding hydrogens is 336 g/mol. The standard InChI is InChI=1S/C18H24N4O4/c1-18(2,3)26-17(25)21-10-5-4-7-12(21)11-22-15-13(16(23)24)8-6-9-14(15)19-20-22/h6,8-9,12H,4-5,7,10-11H2,1-3H3,(H,23,24). The Morgan fingerprint density at radius 1 is 1.31 bits per heavy atom. The number of benzene rings is 1. The van der Waals surface area contributed by atoms with E-state index in [0.717, 1.165) is 19.3 Å². The number of aromatic carboxylic acids is 1. The van der Waals surface area contributed by atoms with E-state index >= 15 is 0 Å². The number of carboxylic acid groups (broad SMARTS) is 1. The van der Waals surface area contributed by atoms with Crippen molar-refractivity contribution in [1.82, 2.24) is 19.9 Å². The summed E-state index contributed by atoms with van der Waals surface area (Å²) in [6.07, 6.45) is 2.40. The fourth-order valence-corrected chi connectivity index (χ4v) is 3.28. The van der Waals surface area contributed by atoms with E-state index in [9.17, 15) is 14.7 Å². The summed E-state index contributed by atoms with van der Waals surface area (Å²) < 4.78 is 7.11. The molecule has 1 fully saturated rings. The number of carboxylic acids is 1. The van der Waals surface area contributed by atoms with Gasteiger partial charge in [0.2, 0.25) is 0 Å². The van der Waals surface area contributed by atoms with Crippen molar-refractivity contribution in [1.29, 1.82) is 0 Å². The molecule has 0 saturated carbocycles. The molecule has 0 aliphatic carbocycles. The summed E-state index contributed by atoms with van der Waals surface area (Å²) in [5.41, 5.74) is 0.613. The van der Waals surface area contributed by atoms with E-state index in [-0.39, 0.29) is 17.7 Å². The van der Waals surface area contributed by atoms with Gasteiger partial charge < -0.3 is 14.7 Å². The predicted octanol–water partition coefficient (Wildman–Crippen LogP) is 2.92. The molecule has 1 atom stereocenters. The van der Waals surface area contributed by atoms with Crippen LogP contribution >= 0.6 is 0 Å². The molecule has 1 aromatic carbocycles. The molecule has 140 valence electrons. The summed E-state index contributed by atoms with van der Waals surface area (Å²) in [7, 11) is 0. The minimum atomic E-state index is -1.02. The average molecular weight is 360 g/mol. The first-order valence-electron chi connectivity index (χ1n) is 8.81. The Morgan fingerprint density at radius 2 is 2.08 bits per heavy atom. The van der Waals surface area contributed by atoms with Gasteiger partial charge in [-0.15, -0.1) is 5.10 Å². The first kappa shape index (κ1) is 18.2. The van der Waals surface area contributed by atoms with Gasteiger partial charge in [-0.25, -0.2) is 14.3 Å². The second-order valence-electron chi connectivity index (χ2n) is 7.57. The fraction of sp³-hybridized carbons (Fsp3) is 0.556. The second-order valence-corrected chi connectivity index (χ2v) is 7.57. The number of carbonyl (C=O) groups excluding carboxylic acids is 1. The zero-order valence-corrected chi connectivity index (χ0v) is 15.3. The number of piperidine rings is 1. The minimum Gasteiger partial charge on any atom is -0.478 e. The minimum absolute atomic E-state index is 0.106. The van der Waals surface area contributed by atoms with E-state index in [4.69, 9.17) is 4.74 Å². The maximum atomic E-state index is 12.6. The Hall–Kier alpha value is -2.64. The average Bonchev–Trinajstić information content (AvgIpc) is 2.96. The van der Waals surface area contributed by atoms with Crippen LogP contribution in [0.15, 0.2) is 18.2 Å². The van der Waals surface area contributed by atoms with Crippen LogP contribution in [0.1, 0.15) is 50.4 Å². The first-order chi connectivity index (χ1) is 12.3. The molecule has 26 heavy (non-hydrogen) atoms. The third-order valence-corrected chi connectivity index (χ3v) is 4.40. The van der Waals surface area contributed by atoms with Crippen molar-refractivity contribution in [3.63, 3.8) is 0 Å². The van der Waals surface area contributed by atoms with E-state index in [1.54, 1.807) is 21.7 Å². The largest absolute Gasteiger partial charge is 0.478 e. The number of rotatable bonds is 3. The highest BCUT2D eigenvalue weighted by molar-refractivity contribution is 6.00. The molecule has 1 aromatic heterocycles. The van der Waals surface area contributed by atoms with Gasteiger partial charge >= 0.3 is 12.1 Å². The van der Waals surface area contributed by atoms with Crippen molar-refractivity contribution in [2.75, 3.05) is 6.54 Å². The predicted molar refractivity (Wildman–Crippen MR) is 95.1 cm³/mol. The molecule has 0 spiro atoms. The van der Waals surface area contributed by atoms with E-state index in [1.807, 2.05) is 20.8 Å². The smallest absolute Gasteiger partial charge is 0.410 e. The third kappa shape index (κ3) is 3.79. The number of hydrogen-bond donors (Lipinski definition) is 1. The number of para-hydroxylation sites is 1. The van der Waals surface area contributed by atoms with Crippen LogP contribution in [0.25, 0.3) is 11.0 Å². The Labute approximate surface area is 151 Å². The molecule has 8 nitrogen and oxygen atoms in total. The molecule has 1 N–H and O–H groups in total. The lowest BCUT2D eigenvalue weighted by Gasteiger charge is -2.36. The van der Waals surface area contributed by atoms with Crippen LogP contribution in [-0.2, 0) is 11.3 Å². The van der Waals surface area contributed by atoms with Gasteiger partial charge in [-0.1, -0.05) is 11.3 Å². The molecule has 2 aromatic rings. The number of fused-ring (bicyclic) bond motifs is 1. The summed E-state index contributed by atoms with van der Waals surface area (Å²) in [5.74, 6) is -1.02. The monoisotopic (exact) mass is 360 g/mol. The van der Waals surface area contributed by atoms with Crippen LogP contribution in [0.2, 0.25) is 0 Å². The zero-order chi connectivity index (χ0) is 18.9. The Kier molecular flexibility index (Phi) is 4.84. The SMILES string of the molecule is CC(C)(C)OC(=O)N1CCCCC1Cn1nnc2cccc(C(=O)O)c21. The van der Waals surface area contributed by atoms with E-state index < -0.39 is 11.6 Å². The summed E-state index contributed by atoms with van der Waals surface area (Å²) >= 11 is 0. The molecule has 1 amide bonds. The summed E-state index contributed by atoms with van der Waals surface area (Å²) in [4.78, 5) is 25.8. The highest BCUT2D eigenvalue weighted by Gasteiger charge is 2.31. The molecule has 1 aliphatic heterocycles. The number of aromatic nitrogens is 3. The molecule has 1 unspecified atom stereocenters. The van der Waals surface area contributed by atoms with E-state index in [1.165, 1.54) is 6.07 Å². The van der Waals surface area contributed by atoms with Crippen LogP contribution in [0.5, 0.6) is 0 Å². The van der Waals surface area contributed by atoms with Crippen molar-refractivity contribution in [2.24, 2.45) is 0 Å². The Bertz CT molecular complexity index is 824. The molecule has 8 heteroatoms. The zero-order valence-electron chi connectivity index (χ0n) is 15.3. The summed E-state index contributed by atoms with van der Waals surface area (Å²) in [6, 6.07) is 4.82. The van der Waals surface area contributed by atoms with Crippen molar-refractivity contribution >= 4 is 23.1 Å². The van der Waals surface area contributed by atoms with Gasteiger partial charge in [-0.05, 0) is 52.2 Å². The van der Waals surface area contributed by atoms with Crippen molar-refractivity contribution in [2.45, 2.75) is 58.2 Å². The number of nitrogens with zero attached hydrogens (tertiary/aromatic N) is 4. The van der Waals surface area contributed by atoms with E-state index in [2.05, 4.69) is 10.3 Å². The van der Waals surface area contributed by atoms with Crippen LogP contribution in [0.4, 0.5) is 4.79 Å². The third-order valence-electron chi connectivity index (χ3n) is 4.40. The molecule has 0 bridgehead atoms. The van der Waals surface area contributed by atoms with Crippen LogP contribution < -0.4 is 0 Å². The van der Waals surface area contributed by atoms with Crippen molar-refractivity contribution < 1.29 is 19.4 Å². The lowest BCUT2D eigenvalue weighted by Crippen LogP contribution is -2.48. The molecule has 2 heterocycles. The molecule has 1 aliphatic rings. The molecule has 0 radical (unpaired) electrons. The van der Waals surface area contributed by atoms with Gasteiger partial charge in [-0.2, -0.15) is 0 Å². The van der Waals surface area contributed by atoms with E-state index in [0.29, 0.717) is 24.1 Å². The summed E-state index contributed by atoms with van der Waals surface area (Å²) in [6.45, 7) is 6.54. The van der Waals surface area contributed by atoms with Gasteiger partial charge in [0.1, 0.15) is 16.6 Å².